The lowest BCUT2D eigenvalue weighted by Crippen LogP contribution is -2.33. The van der Waals surface area contributed by atoms with E-state index in [0.717, 1.165) is 25.9 Å². The third kappa shape index (κ3) is 4.67. The predicted octanol–water partition coefficient (Wildman–Crippen LogP) is 3.16. The summed E-state index contributed by atoms with van der Waals surface area (Å²) >= 11 is 4.25. The number of hydrogen-bond acceptors (Lipinski definition) is 6. The van der Waals surface area contributed by atoms with Crippen LogP contribution in [0.25, 0.3) is 0 Å². The number of nitrogens with zero attached hydrogens (tertiary/aromatic N) is 2. The van der Waals surface area contributed by atoms with Crippen LogP contribution in [0.15, 0.2) is 41.3 Å². The number of hydrogen-bond donors (Lipinski definition) is 2. The number of nitrogens with one attached hydrogen (secondary N) is 1. The molecule has 1 N–H and O–H groups in total. The Balaban J connectivity index is 1.74. The van der Waals surface area contributed by atoms with E-state index in [2.05, 4.69) is 34.9 Å². The van der Waals surface area contributed by atoms with E-state index in [0.29, 0.717) is 27.7 Å². The van der Waals surface area contributed by atoms with Gasteiger partial charge >= 0.3 is 0 Å². The van der Waals surface area contributed by atoms with Crippen LogP contribution in [0.1, 0.15) is 33.7 Å². The summed E-state index contributed by atoms with van der Waals surface area (Å²) < 4.78 is 5.25. The number of thiol groups is 1. The maximum atomic E-state index is 12.7. The van der Waals surface area contributed by atoms with Crippen LogP contribution in [0, 0.1) is 5.92 Å². The fraction of sp³-hybridized carbons (Fsp3) is 0.350. The van der Waals surface area contributed by atoms with Crippen molar-refractivity contribution in [3.05, 3.63) is 47.7 Å². The van der Waals surface area contributed by atoms with Gasteiger partial charge < -0.3 is 15.0 Å². The van der Waals surface area contributed by atoms with Crippen molar-refractivity contribution < 1.29 is 14.3 Å². The van der Waals surface area contributed by atoms with Gasteiger partial charge in [0.25, 0.3) is 5.91 Å². The molecule has 1 aromatic carbocycles. The number of ether oxygens (including phenoxy) is 1. The summed E-state index contributed by atoms with van der Waals surface area (Å²) in [6, 6.07) is 10.1. The largest absolute Gasteiger partial charge is 0.496 e. The molecule has 27 heavy (non-hydrogen) atoms. The van der Waals surface area contributed by atoms with Crippen LogP contribution in [0.4, 0.5) is 5.82 Å². The van der Waals surface area contributed by atoms with E-state index in [-0.39, 0.29) is 17.6 Å². The molecule has 1 amide bonds. The van der Waals surface area contributed by atoms with Gasteiger partial charge in [0, 0.05) is 10.8 Å². The zero-order valence-electron chi connectivity index (χ0n) is 15.4. The number of piperidine rings is 1. The van der Waals surface area contributed by atoms with Crippen molar-refractivity contribution >= 4 is 30.1 Å². The van der Waals surface area contributed by atoms with E-state index in [1.165, 1.54) is 7.11 Å². The predicted molar refractivity (Wildman–Crippen MR) is 107 cm³/mol. The monoisotopic (exact) mass is 385 g/mol. The zero-order chi connectivity index (χ0) is 19.4. The molecule has 0 bridgehead atoms. The summed E-state index contributed by atoms with van der Waals surface area (Å²) in [5, 5.41) is 2.74. The first-order valence-corrected chi connectivity index (χ1v) is 9.31. The highest BCUT2D eigenvalue weighted by Gasteiger charge is 2.25. The number of pyridine rings is 1. The molecule has 0 aliphatic carbocycles. The molecular weight excluding hydrogens is 362 g/mol. The number of benzene rings is 1. The third-order valence-electron chi connectivity index (χ3n) is 4.76. The minimum absolute atomic E-state index is 0.0114. The average molecular weight is 385 g/mol. The Bertz CT molecular complexity index is 848. The lowest BCUT2D eigenvalue weighted by molar-refractivity contribution is 0.0851. The molecule has 1 saturated heterocycles. The summed E-state index contributed by atoms with van der Waals surface area (Å²) in [7, 11) is 3.56. The summed E-state index contributed by atoms with van der Waals surface area (Å²) in [5.41, 5.74) is 0.768. The summed E-state index contributed by atoms with van der Waals surface area (Å²) in [4.78, 5) is 32.6. The zero-order valence-corrected chi connectivity index (χ0v) is 16.3. The van der Waals surface area contributed by atoms with Crippen LogP contribution >= 0.6 is 12.6 Å². The Kier molecular flexibility index (Phi) is 6.13. The molecule has 1 fully saturated rings. The molecule has 2 aromatic rings. The maximum Gasteiger partial charge on any atom is 0.260 e. The molecule has 0 spiro atoms. The summed E-state index contributed by atoms with van der Waals surface area (Å²) in [6.07, 6.45) is 1.67. The number of likely N-dealkylation sites (tertiary alicyclic amines) is 1. The van der Waals surface area contributed by atoms with E-state index in [4.69, 9.17) is 4.74 Å². The van der Waals surface area contributed by atoms with Gasteiger partial charge in [-0.25, -0.2) is 4.98 Å². The van der Waals surface area contributed by atoms with E-state index < -0.39 is 0 Å². The Labute approximate surface area is 164 Å². The van der Waals surface area contributed by atoms with E-state index >= 15 is 0 Å². The number of Topliss-reactive ketones (excluding diaryl/α,β-unsaturated/α-hetero) is 1. The highest BCUT2D eigenvalue weighted by molar-refractivity contribution is 7.80. The molecule has 6 nitrogen and oxygen atoms in total. The number of methoxy groups -OCH3 is 1. The fourth-order valence-electron chi connectivity index (χ4n) is 3.17. The number of carbonyl (C=O) groups excluding carboxylic acids is 2. The van der Waals surface area contributed by atoms with Crippen LogP contribution < -0.4 is 10.1 Å². The van der Waals surface area contributed by atoms with Crippen LogP contribution in [0.5, 0.6) is 5.75 Å². The highest BCUT2D eigenvalue weighted by Crippen LogP contribution is 2.24. The van der Waals surface area contributed by atoms with Crippen LogP contribution in [-0.4, -0.2) is 48.8 Å². The number of amides is 1. The Hall–Kier alpha value is -2.38. The van der Waals surface area contributed by atoms with Gasteiger partial charge in [-0.3, -0.25) is 9.59 Å². The summed E-state index contributed by atoms with van der Waals surface area (Å²) in [6.45, 7) is 1.82. The smallest absolute Gasteiger partial charge is 0.260 e. The minimum atomic E-state index is -0.350. The van der Waals surface area contributed by atoms with Crippen molar-refractivity contribution in [3.8, 4) is 5.75 Å². The van der Waals surface area contributed by atoms with Crippen LogP contribution in [0.3, 0.4) is 0 Å². The quantitative estimate of drug-likeness (QED) is 0.611. The second-order valence-electron chi connectivity index (χ2n) is 6.69. The second kappa shape index (κ2) is 8.54. The molecule has 0 saturated carbocycles. The molecule has 2 heterocycles. The Morgan fingerprint density at radius 2 is 1.96 bits per heavy atom. The molecular formula is C20H23N3O3S. The van der Waals surface area contributed by atoms with Gasteiger partial charge in [0.2, 0.25) is 0 Å². The molecule has 3 rings (SSSR count). The molecule has 7 heteroatoms. The first-order chi connectivity index (χ1) is 13.0. The van der Waals surface area contributed by atoms with Crippen molar-refractivity contribution in [1.82, 2.24) is 9.88 Å². The van der Waals surface area contributed by atoms with Crippen LogP contribution in [0.2, 0.25) is 0 Å². The first kappa shape index (κ1) is 19.4. The van der Waals surface area contributed by atoms with Crippen molar-refractivity contribution in [2.75, 3.05) is 32.6 Å². The lowest BCUT2D eigenvalue weighted by atomic mass is 9.91. The molecule has 1 aromatic heterocycles. The number of anilines is 1. The van der Waals surface area contributed by atoms with Gasteiger partial charge in [-0.2, -0.15) is 0 Å². The number of aromatic nitrogens is 1. The fourth-order valence-corrected chi connectivity index (χ4v) is 3.36. The SMILES string of the molecule is COc1cc(S)ccc1C(=O)Nc1cccc(C(=O)C2CCN(C)CC2)n1. The number of ketones is 1. The first-order valence-electron chi connectivity index (χ1n) is 8.86. The molecule has 142 valence electrons. The third-order valence-corrected chi connectivity index (χ3v) is 5.04. The molecule has 0 radical (unpaired) electrons. The Morgan fingerprint density at radius 1 is 1.22 bits per heavy atom. The van der Waals surface area contributed by atoms with Gasteiger partial charge in [-0.15, -0.1) is 12.6 Å². The van der Waals surface area contributed by atoms with Gasteiger partial charge in [-0.1, -0.05) is 6.07 Å². The van der Waals surface area contributed by atoms with Crippen LogP contribution in [-0.2, 0) is 0 Å². The lowest BCUT2D eigenvalue weighted by Gasteiger charge is -2.27. The van der Waals surface area contributed by atoms with E-state index in [1.54, 1.807) is 36.4 Å². The maximum absolute atomic E-state index is 12.7. The van der Waals surface area contributed by atoms with Crippen molar-refractivity contribution in [2.24, 2.45) is 5.92 Å². The summed E-state index contributed by atoms with van der Waals surface area (Å²) in [5.74, 6) is 0.449. The molecule has 0 unspecified atom stereocenters. The van der Waals surface area contributed by atoms with Gasteiger partial charge in [0.15, 0.2) is 5.78 Å². The molecule has 1 aliphatic heterocycles. The average Bonchev–Trinajstić information content (AvgIpc) is 2.68. The van der Waals surface area contributed by atoms with Crippen molar-refractivity contribution in [3.63, 3.8) is 0 Å². The topological polar surface area (TPSA) is 71.5 Å². The van der Waals surface area contributed by atoms with E-state index in [1.807, 2.05) is 0 Å². The molecule has 0 atom stereocenters. The van der Waals surface area contributed by atoms with Crippen molar-refractivity contribution in [2.45, 2.75) is 17.7 Å². The number of rotatable bonds is 5. The standard InChI is InChI=1S/C20H23N3O3S/c1-23-10-8-13(9-11-23)19(24)16-4-3-5-18(21-16)22-20(25)15-7-6-14(27)12-17(15)26-2/h3-7,12-13,27H,8-11H2,1-2H3,(H,21,22,25). The minimum Gasteiger partial charge on any atom is -0.496 e. The van der Waals surface area contributed by atoms with Gasteiger partial charge in [0.05, 0.1) is 12.7 Å². The van der Waals surface area contributed by atoms with E-state index in [9.17, 15) is 9.59 Å². The van der Waals surface area contributed by atoms with Crippen molar-refractivity contribution in [1.29, 1.82) is 0 Å². The normalized spacial score (nSPS) is 15.4. The Morgan fingerprint density at radius 3 is 2.67 bits per heavy atom. The number of carbonyl (C=O) groups is 2. The second-order valence-corrected chi connectivity index (χ2v) is 7.20. The highest BCUT2D eigenvalue weighted by atomic mass is 32.1. The van der Waals surface area contributed by atoms with Gasteiger partial charge in [0.1, 0.15) is 17.3 Å². The van der Waals surface area contributed by atoms with Gasteiger partial charge in [-0.05, 0) is 63.3 Å². The molecule has 1 aliphatic rings.